The highest BCUT2D eigenvalue weighted by atomic mass is 31.2. The molecule has 0 heterocycles. The second-order valence-corrected chi connectivity index (χ2v) is 28.1. The van der Waals surface area contributed by atoms with Gasteiger partial charge < -0.3 is 33.8 Å². The molecular weight excluding hydrogens is 1280 g/mol. The average molecular weight is 1420 g/mol. The van der Waals surface area contributed by atoms with Crippen LogP contribution in [0.5, 0.6) is 0 Å². The molecule has 0 bridgehead atoms. The van der Waals surface area contributed by atoms with E-state index in [-0.39, 0.29) is 25.7 Å². The van der Waals surface area contributed by atoms with Gasteiger partial charge in [-0.2, -0.15) is 0 Å². The van der Waals surface area contributed by atoms with Crippen molar-refractivity contribution in [2.24, 2.45) is 0 Å². The van der Waals surface area contributed by atoms with E-state index in [1.54, 1.807) is 0 Å². The van der Waals surface area contributed by atoms with Crippen LogP contribution in [-0.2, 0) is 65.4 Å². The molecule has 0 amide bonds. The summed E-state index contributed by atoms with van der Waals surface area (Å²) in [6.45, 7) is 4.57. The zero-order valence-electron chi connectivity index (χ0n) is 61.4. The number of hydrogen-bond acceptors (Lipinski definition) is 15. The lowest BCUT2D eigenvalue weighted by atomic mass is 10.1. The van der Waals surface area contributed by atoms with Crippen LogP contribution in [0.2, 0.25) is 0 Å². The van der Waals surface area contributed by atoms with Gasteiger partial charge in [0, 0.05) is 25.7 Å². The molecule has 19 heteroatoms. The number of unbranched alkanes of at least 4 members (excludes halogenated alkanes) is 27. The van der Waals surface area contributed by atoms with E-state index in [4.69, 9.17) is 37.0 Å². The van der Waals surface area contributed by atoms with Crippen molar-refractivity contribution >= 4 is 39.5 Å². The molecule has 17 nitrogen and oxygen atoms in total. The average Bonchev–Trinajstić information content (AvgIpc) is 0.972. The highest BCUT2D eigenvalue weighted by molar-refractivity contribution is 7.47. The maximum atomic E-state index is 13.1. The minimum Gasteiger partial charge on any atom is -0.462 e. The van der Waals surface area contributed by atoms with Crippen molar-refractivity contribution in [2.75, 3.05) is 39.6 Å². The fourth-order valence-corrected chi connectivity index (χ4v) is 11.5. The van der Waals surface area contributed by atoms with Gasteiger partial charge in [0.2, 0.25) is 0 Å². The Morgan fingerprint density at radius 2 is 0.531 bits per heavy atom. The molecule has 0 spiro atoms. The second kappa shape index (κ2) is 71.1. The minimum atomic E-state index is -4.98. The summed E-state index contributed by atoms with van der Waals surface area (Å²) in [5.41, 5.74) is 0. The Kier molecular flexibility index (Phi) is 68.0. The van der Waals surface area contributed by atoms with Crippen LogP contribution in [0.25, 0.3) is 0 Å². The first-order chi connectivity index (χ1) is 47.7. The third kappa shape index (κ3) is 70.2. The maximum absolute atomic E-state index is 13.1. The van der Waals surface area contributed by atoms with Crippen molar-refractivity contribution in [1.29, 1.82) is 0 Å². The van der Waals surface area contributed by atoms with Crippen LogP contribution < -0.4 is 0 Å². The van der Waals surface area contributed by atoms with E-state index in [0.717, 1.165) is 167 Å². The molecule has 0 aromatic heterocycles. The predicted molar refractivity (Wildman–Crippen MR) is 399 cm³/mol. The van der Waals surface area contributed by atoms with Crippen molar-refractivity contribution in [3.8, 4) is 0 Å². The number of allylic oxidation sites excluding steroid dienone is 18. The fraction of sp³-hybridized carbons (Fsp3) is 0.722. The summed E-state index contributed by atoms with van der Waals surface area (Å²) in [5.74, 6) is -2.23. The van der Waals surface area contributed by atoms with Gasteiger partial charge in [-0.3, -0.25) is 37.3 Å². The fourth-order valence-electron chi connectivity index (χ4n) is 9.96. The van der Waals surface area contributed by atoms with Crippen LogP contribution in [0.1, 0.15) is 310 Å². The Morgan fingerprint density at radius 3 is 0.847 bits per heavy atom. The monoisotopic (exact) mass is 1420 g/mol. The van der Waals surface area contributed by atoms with E-state index in [1.807, 2.05) is 0 Å². The first kappa shape index (κ1) is 93.7. The molecular formula is C79H136O17P2. The molecule has 0 fully saturated rings. The van der Waals surface area contributed by atoms with Crippen molar-refractivity contribution < 1.29 is 80.2 Å². The van der Waals surface area contributed by atoms with Gasteiger partial charge in [0.1, 0.15) is 19.3 Å². The molecule has 5 unspecified atom stereocenters. The van der Waals surface area contributed by atoms with Gasteiger partial charge >= 0.3 is 39.5 Å². The van der Waals surface area contributed by atoms with E-state index in [9.17, 15) is 43.2 Å². The van der Waals surface area contributed by atoms with Crippen LogP contribution >= 0.6 is 15.6 Å². The highest BCUT2D eigenvalue weighted by Gasteiger charge is 2.30. The lowest BCUT2D eigenvalue weighted by Gasteiger charge is -2.21. The molecule has 0 aliphatic carbocycles. The Hall–Kier alpha value is -4.28. The molecule has 0 aromatic rings. The van der Waals surface area contributed by atoms with Gasteiger partial charge in [0.05, 0.1) is 26.4 Å². The van der Waals surface area contributed by atoms with Gasteiger partial charge in [-0.25, -0.2) is 9.13 Å². The topological polar surface area (TPSA) is 237 Å². The number of aliphatic hydroxyl groups is 1. The Morgan fingerprint density at radius 1 is 0.296 bits per heavy atom. The van der Waals surface area contributed by atoms with E-state index in [1.165, 1.54) is 64.2 Å². The molecule has 564 valence electrons. The number of phosphoric ester groups is 2. The van der Waals surface area contributed by atoms with Crippen LogP contribution in [0.3, 0.4) is 0 Å². The Labute approximate surface area is 594 Å². The molecule has 0 aliphatic rings. The molecule has 0 saturated carbocycles. The van der Waals surface area contributed by atoms with E-state index >= 15 is 0 Å². The number of rotatable bonds is 71. The molecule has 0 rings (SSSR count). The largest absolute Gasteiger partial charge is 0.472 e. The van der Waals surface area contributed by atoms with E-state index in [2.05, 4.69) is 137 Å². The zero-order chi connectivity index (χ0) is 71.8. The third-order valence-corrected chi connectivity index (χ3v) is 17.6. The number of carbonyl (C=O) groups is 4. The standard InChI is InChI=1S/C79H136O17P2/c1-5-9-13-17-21-25-29-32-34-35-36-37-39-42-45-48-52-56-60-64-77(82)90-70-75(96-79(84)66-62-58-54-50-46-40-31-27-23-19-15-11-7-3)72-94-98(87,88)92-68-73(80)67-91-97(85,86)93-71-74(95-78(83)65-61-57-53-49-43-28-24-20-16-12-8-4)69-89-76(81)63-59-55-51-47-44-41-38-33-30-26-22-18-14-10-6-2/h9-10,13-14,21-22,25-27,31-34,36-38,42,45,73-75,80H,5-8,11-12,15-20,23-24,28-30,35,39-41,43-44,46-72H2,1-4H3,(H,85,86)(H,87,88)/b13-9-,14-10-,25-21-,26-22-,31-27-,34-32-,37-36-,38-33-,45-42-. The lowest BCUT2D eigenvalue weighted by molar-refractivity contribution is -0.161. The molecule has 0 radical (unpaired) electrons. The van der Waals surface area contributed by atoms with Crippen molar-refractivity contribution in [2.45, 2.75) is 329 Å². The molecule has 3 N–H and O–H groups in total. The van der Waals surface area contributed by atoms with Gasteiger partial charge in [-0.1, -0.05) is 265 Å². The first-order valence-electron chi connectivity index (χ1n) is 38.1. The summed E-state index contributed by atoms with van der Waals surface area (Å²) in [5, 5.41) is 10.6. The van der Waals surface area contributed by atoms with Gasteiger partial charge in [0.15, 0.2) is 12.2 Å². The van der Waals surface area contributed by atoms with Crippen LogP contribution in [0.4, 0.5) is 0 Å². The Balaban J connectivity index is 5.35. The number of carbonyl (C=O) groups excluding carboxylic acids is 4. The summed E-state index contributed by atoms with van der Waals surface area (Å²) in [6, 6.07) is 0. The van der Waals surface area contributed by atoms with Gasteiger partial charge in [0.25, 0.3) is 0 Å². The van der Waals surface area contributed by atoms with Gasteiger partial charge in [-0.15, -0.1) is 0 Å². The summed E-state index contributed by atoms with van der Waals surface area (Å²) in [4.78, 5) is 72.8. The number of phosphoric acid groups is 2. The SMILES string of the molecule is CC/C=C\C/C=C\C/C=C\C/C=C\C/C=C\CCCCCC(=O)OCC(COP(=O)(O)OCC(O)COP(=O)(O)OCC(COC(=O)CCCCCCC/C=C\C/C=C\C/C=C\CC)OC(=O)CCCCCCCCCCCCC)OC(=O)CCCCCCC/C=C\CCCCCC. The van der Waals surface area contributed by atoms with E-state index < -0.39 is 97.5 Å². The number of esters is 4. The summed E-state index contributed by atoms with van der Waals surface area (Å²) < 4.78 is 68.4. The summed E-state index contributed by atoms with van der Waals surface area (Å²) >= 11 is 0. The maximum Gasteiger partial charge on any atom is 0.472 e. The molecule has 0 aliphatic heterocycles. The number of ether oxygens (including phenoxy) is 4. The minimum absolute atomic E-state index is 0.0763. The van der Waals surface area contributed by atoms with Crippen LogP contribution in [0, 0.1) is 0 Å². The smallest absolute Gasteiger partial charge is 0.462 e. The lowest BCUT2D eigenvalue weighted by Crippen LogP contribution is -2.30. The third-order valence-electron chi connectivity index (χ3n) is 15.7. The summed E-state index contributed by atoms with van der Waals surface area (Å²) in [6.07, 6.45) is 75.1. The normalized spacial score (nSPS) is 14.6. The van der Waals surface area contributed by atoms with Crippen molar-refractivity contribution in [1.82, 2.24) is 0 Å². The number of aliphatic hydroxyl groups excluding tert-OH is 1. The summed E-state index contributed by atoms with van der Waals surface area (Å²) in [7, 11) is -9.96. The Bertz CT molecular complexity index is 2290. The highest BCUT2D eigenvalue weighted by Crippen LogP contribution is 2.45. The predicted octanol–water partition coefficient (Wildman–Crippen LogP) is 21.8. The molecule has 98 heavy (non-hydrogen) atoms. The van der Waals surface area contributed by atoms with Gasteiger partial charge in [-0.05, 0) is 128 Å². The molecule has 5 atom stereocenters. The van der Waals surface area contributed by atoms with Crippen LogP contribution in [0.15, 0.2) is 109 Å². The van der Waals surface area contributed by atoms with Crippen LogP contribution in [-0.4, -0.2) is 96.7 Å². The quantitative estimate of drug-likeness (QED) is 0.0169. The van der Waals surface area contributed by atoms with Crippen molar-refractivity contribution in [3.63, 3.8) is 0 Å². The van der Waals surface area contributed by atoms with E-state index in [0.29, 0.717) is 25.7 Å². The molecule has 0 saturated heterocycles. The molecule has 0 aromatic carbocycles. The number of hydrogen-bond donors (Lipinski definition) is 3. The van der Waals surface area contributed by atoms with Crippen molar-refractivity contribution in [3.05, 3.63) is 109 Å². The zero-order valence-corrected chi connectivity index (χ0v) is 63.2. The second-order valence-electron chi connectivity index (χ2n) is 25.2. The first-order valence-corrected chi connectivity index (χ1v) is 41.1.